The highest BCUT2D eigenvalue weighted by atomic mass is 35.5. The van der Waals surface area contributed by atoms with Crippen LogP contribution in [0.3, 0.4) is 0 Å². The second-order valence-electron chi connectivity index (χ2n) is 6.51. The molecule has 1 unspecified atom stereocenters. The van der Waals surface area contributed by atoms with E-state index in [-0.39, 0.29) is 6.54 Å². The van der Waals surface area contributed by atoms with Gasteiger partial charge in [0.1, 0.15) is 12.7 Å². The Morgan fingerprint density at radius 3 is 2.56 bits per heavy atom. The van der Waals surface area contributed by atoms with Gasteiger partial charge in [0.05, 0.1) is 25.2 Å². The summed E-state index contributed by atoms with van der Waals surface area (Å²) in [6, 6.07) is 7.13. The van der Waals surface area contributed by atoms with Gasteiger partial charge in [-0.05, 0) is 24.3 Å². The van der Waals surface area contributed by atoms with Crippen molar-refractivity contribution in [3.8, 4) is 11.8 Å². The van der Waals surface area contributed by atoms with Crippen molar-refractivity contribution in [2.24, 2.45) is 5.41 Å². The van der Waals surface area contributed by atoms with E-state index in [9.17, 15) is 5.11 Å². The molecule has 0 amide bonds. The second-order valence-corrected chi connectivity index (χ2v) is 6.94. The Kier molecular flexibility index (Phi) is 5.11. The van der Waals surface area contributed by atoms with Gasteiger partial charge in [-0.3, -0.25) is 0 Å². The lowest BCUT2D eigenvalue weighted by Gasteiger charge is -2.41. The Hall–Kier alpha value is -1.91. The van der Waals surface area contributed by atoms with Crippen LogP contribution in [-0.2, 0) is 16.0 Å². The molecule has 1 atom stereocenters. The van der Waals surface area contributed by atoms with Crippen LogP contribution in [0, 0.1) is 17.3 Å². The van der Waals surface area contributed by atoms with Gasteiger partial charge in [-0.1, -0.05) is 37.3 Å². The monoisotopic (exact) mass is 361 g/mol. The first-order valence-electron chi connectivity index (χ1n) is 7.97. The number of nitrogens with zero attached hydrogens (tertiary/aromatic N) is 3. The normalized spacial score (nSPS) is 17.8. The molecule has 1 aromatic carbocycles. The maximum Gasteiger partial charge on any atom is 0.166 e. The highest BCUT2D eigenvalue weighted by Gasteiger charge is 2.51. The molecule has 0 radical (unpaired) electrons. The molecule has 25 heavy (non-hydrogen) atoms. The van der Waals surface area contributed by atoms with E-state index in [4.69, 9.17) is 21.1 Å². The molecule has 1 aliphatic rings. The van der Waals surface area contributed by atoms with Gasteiger partial charge in [-0.25, -0.2) is 9.67 Å². The van der Waals surface area contributed by atoms with E-state index in [0.29, 0.717) is 18.2 Å². The van der Waals surface area contributed by atoms with Gasteiger partial charge in [0.15, 0.2) is 11.9 Å². The van der Waals surface area contributed by atoms with Gasteiger partial charge in [0.25, 0.3) is 0 Å². The lowest BCUT2D eigenvalue weighted by atomic mass is 9.74. The van der Waals surface area contributed by atoms with Gasteiger partial charge in [-0.15, -0.1) is 0 Å². The molecular formula is C18H20ClN3O3. The van der Waals surface area contributed by atoms with Crippen molar-refractivity contribution in [2.75, 3.05) is 13.2 Å². The minimum Gasteiger partial charge on any atom is -0.375 e. The third kappa shape index (κ3) is 3.86. The summed E-state index contributed by atoms with van der Waals surface area (Å²) in [6.45, 7) is 4.88. The largest absolute Gasteiger partial charge is 0.375 e. The summed E-state index contributed by atoms with van der Waals surface area (Å²) >= 11 is 5.91. The fraction of sp³-hybridized carbons (Fsp3) is 0.444. The van der Waals surface area contributed by atoms with E-state index >= 15 is 0 Å². The standard InChI is InChI=1S/C18H20ClN3O3/c1-17(2,16-24-9-10-25-16)18(23,11-22-13-20-12-21-22)8-7-14-3-5-15(19)6-4-14/h3-6,12-13,16,23H,9-11H2,1-2H3. The molecule has 1 aliphatic heterocycles. The van der Waals surface area contributed by atoms with Gasteiger partial charge in [0, 0.05) is 10.6 Å². The molecule has 132 valence electrons. The summed E-state index contributed by atoms with van der Waals surface area (Å²) in [6.07, 6.45) is 2.41. The van der Waals surface area contributed by atoms with Crippen LogP contribution >= 0.6 is 11.6 Å². The maximum atomic E-state index is 11.4. The van der Waals surface area contributed by atoms with Crippen LogP contribution < -0.4 is 0 Å². The lowest BCUT2D eigenvalue weighted by Crippen LogP contribution is -2.53. The van der Waals surface area contributed by atoms with Crippen molar-refractivity contribution in [3.05, 3.63) is 47.5 Å². The van der Waals surface area contributed by atoms with Crippen molar-refractivity contribution in [1.29, 1.82) is 0 Å². The minimum absolute atomic E-state index is 0.143. The number of aliphatic hydroxyl groups is 1. The zero-order valence-electron chi connectivity index (χ0n) is 14.1. The smallest absolute Gasteiger partial charge is 0.166 e. The molecule has 1 saturated heterocycles. The SMILES string of the molecule is CC(C)(C1OCCO1)C(O)(C#Cc1ccc(Cl)cc1)Cn1cncn1. The number of halogens is 1. The highest BCUT2D eigenvalue weighted by Crippen LogP contribution is 2.39. The average molecular weight is 362 g/mol. The molecule has 0 saturated carbocycles. The third-order valence-corrected chi connectivity index (χ3v) is 4.64. The first kappa shape index (κ1) is 17.9. The van der Waals surface area contributed by atoms with E-state index in [2.05, 4.69) is 21.9 Å². The molecule has 2 aromatic rings. The van der Waals surface area contributed by atoms with Crippen molar-refractivity contribution in [3.63, 3.8) is 0 Å². The van der Waals surface area contributed by atoms with E-state index in [1.165, 1.54) is 6.33 Å². The predicted octanol–water partition coefficient (Wildman–Crippen LogP) is 2.11. The number of aromatic nitrogens is 3. The molecule has 3 rings (SSSR count). The Labute approximate surface area is 151 Å². The molecule has 0 bridgehead atoms. The van der Waals surface area contributed by atoms with Crippen LogP contribution in [0.5, 0.6) is 0 Å². The summed E-state index contributed by atoms with van der Waals surface area (Å²) in [5, 5.41) is 16.2. The van der Waals surface area contributed by atoms with Crippen LogP contribution in [-0.4, -0.2) is 45.0 Å². The van der Waals surface area contributed by atoms with Crippen molar-refractivity contribution >= 4 is 11.6 Å². The average Bonchev–Trinajstić information content (AvgIpc) is 3.28. The maximum absolute atomic E-state index is 11.4. The second kappa shape index (κ2) is 7.14. The van der Waals surface area contributed by atoms with E-state index < -0.39 is 17.3 Å². The van der Waals surface area contributed by atoms with E-state index in [1.54, 1.807) is 35.3 Å². The summed E-state index contributed by atoms with van der Waals surface area (Å²) in [4.78, 5) is 3.93. The number of rotatable bonds is 4. The van der Waals surface area contributed by atoms with Gasteiger partial charge >= 0.3 is 0 Å². The molecule has 1 aromatic heterocycles. The van der Waals surface area contributed by atoms with Crippen LogP contribution in [0.15, 0.2) is 36.9 Å². The number of ether oxygens (including phenoxy) is 2. The number of hydrogen-bond donors (Lipinski definition) is 1. The Bertz CT molecular complexity index is 759. The summed E-state index contributed by atoms with van der Waals surface area (Å²) in [5.41, 5.74) is -1.49. The zero-order valence-corrected chi connectivity index (χ0v) is 14.9. The predicted molar refractivity (Wildman–Crippen MR) is 92.8 cm³/mol. The molecule has 0 spiro atoms. The highest BCUT2D eigenvalue weighted by molar-refractivity contribution is 6.30. The van der Waals surface area contributed by atoms with Gasteiger partial charge < -0.3 is 14.6 Å². The Balaban J connectivity index is 1.95. The summed E-state index contributed by atoms with van der Waals surface area (Å²) < 4.78 is 12.8. The summed E-state index contributed by atoms with van der Waals surface area (Å²) in [5.74, 6) is 6.02. The molecule has 0 aliphatic carbocycles. The van der Waals surface area contributed by atoms with Crippen LogP contribution in [0.2, 0.25) is 5.02 Å². The Morgan fingerprint density at radius 2 is 1.96 bits per heavy atom. The number of hydrogen-bond acceptors (Lipinski definition) is 5. The molecule has 6 nitrogen and oxygen atoms in total. The molecule has 1 fully saturated rings. The van der Waals surface area contributed by atoms with Crippen LogP contribution in [0.4, 0.5) is 0 Å². The fourth-order valence-electron chi connectivity index (χ4n) is 2.63. The number of benzene rings is 1. The van der Waals surface area contributed by atoms with Gasteiger partial charge in [0.2, 0.25) is 0 Å². The molecule has 2 heterocycles. The van der Waals surface area contributed by atoms with Crippen LogP contribution in [0.25, 0.3) is 0 Å². The molecular weight excluding hydrogens is 342 g/mol. The molecule has 7 heteroatoms. The Morgan fingerprint density at radius 1 is 1.28 bits per heavy atom. The van der Waals surface area contributed by atoms with Crippen molar-refractivity contribution in [1.82, 2.24) is 14.8 Å². The quantitative estimate of drug-likeness (QED) is 0.845. The third-order valence-electron chi connectivity index (χ3n) is 4.39. The van der Waals surface area contributed by atoms with E-state index in [0.717, 1.165) is 5.56 Å². The fourth-order valence-corrected chi connectivity index (χ4v) is 2.76. The zero-order chi connectivity index (χ0) is 17.9. The van der Waals surface area contributed by atoms with E-state index in [1.807, 2.05) is 13.8 Å². The van der Waals surface area contributed by atoms with Crippen LogP contribution in [0.1, 0.15) is 19.4 Å². The first-order chi connectivity index (χ1) is 11.9. The van der Waals surface area contributed by atoms with Gasteiger partial charge in [-0.2, -0.15) is 5.10 Å². The first-order valence-corrected chi connectivity index (χ1v) is 8.35. The summed E-state index contributed by atoms with van der Waals surface area (Å²) in [7, 11) is 0. The molecule has 1 N–H and O–H groups in total. The lowest BCUT2D eigenvalue weighted by molar-refractivity contribution is -0.185. The van der Waals surface area contributed by atoms with Crippen molar-refractivity contribution < 1.29 is 14.6 Å². The topological polar surface area (TPSA) is 69.4 Å². The van der Waals surface area contributed by atoms with Crippen molar-refractivity contribution in [2.45, 2.75) is 32.3 Å². The minimum atomic E-state index is -1.45.